The minimum atomic E-state index is -1.11. The van der Waals surface area contributed by atoms with Crippen LogP contribution in [0.15, 0.2) is 22.8 Å². The molecule has 0 saturated carbocycles. The van der Waals surface area contributed by atoms with Crippen molar-refractivity contribution < 1.29 is 18.8 Å². The molecule has 7 heteroatoms. The molecule has 0 unspecified atom stereocenters. The van der Waals surface area contributed by atoms with Gasteiger partial charge in [-0.2, -0.15) is 0 Å². The van der Waals surface area contributed by atoms with Gasteiger partial charge in [-0.25, -0.2) is 0 Å². The van der Waals surface area contributed by atoms with E-state index in [1.54, 1.807) is 35.8 Å². The molecule has 7 nitrogen and oxygen atoms in total. The lowest BCUT2D eigenvalue weighted by Gasteiger charge is -2.37. The van der Waals surface area contributed by atoms with Gasteiger partial charge in [-0.3, -0.25) is 14.4 Å². The molecule has 2 heterocycles. The summed E-state index contributed by atoms with van der Waals surface area (Å²) in [6, 6.07) is 3.30. The fraction of sp³-hybridized carbons (Fsp3) is 0.611. The van der Waals surface area contributed by atoms with E-state index in [0.29, 0.717) is 38.5 Å². The van der Waals surface area contributed by atoms with Crippen molar-refractivity contribution in [2.24, 2.45) is 5.41 Å². The molecule has 2 rings (SSSR count). The van der Waals surface area contributed by atoms with Gasteiger partial charge in [-0.1, -0.05) is 13.3 Å². The van der Waals surface area contributed by atoms with E-state index in [1.165, 1.54) is 6.26 Å². The van der Waals surface area contributed by atoms with Crippen LogP contribution in [0.5, 0.6) is 0 Å². The Hall–Kier alpha value is -2.31. The number of piperazine rings is 1. The van der Waals surface area contributed by atoms with E-state index < -0.39 is 5.41 Å². The first-order valence-corrected chi connectivity index (χ1v) is 8.78. The van der Waals surface area contributed by atoms with Gasteiger partial charge in [0.2, 0.25) is 11.8 Å². The molecule has 1 aliphatic heterocycles. The topological polar surface area (TPSA) is 82.9 Å². The average molecular weight is 349 g/mol. The zero-order valence-corrected chi connectivity index (χ0v) is 15.2. The van der Waals surface area contributed by atoms with E-state index in [4.69, 9.17) is 4.42 Å². The summed E-state index contributed by atoms with van der Waals surface area (Å²) >= 11 is 0. The van der Waals surface area contributed by atoms with Gasteiger partial charge in [0.25, 0.3) is 5.91 Å². The molecule has 1 fully saturated rings. The quantitative estimate of drug-likeness (QED) is 0.623. The highest BCUT2D eigenvalue weighted by Crippen LogP contribution is 2.21. The molecule has 0 atom stereocenters. The molecule has 1 saturated heterocycles. The summed E-state index contributed by atoms with van der Waals surface area (Å²) < 4.78 is 5.13. The molecule has 0 spiro atoms. The third kappa shape index (κ3) is 4.41. The third-order valence-electron chi connectivity index (χ3n) is 4.50. The second-order valence-electron chi connectivity index (χ2n) is 6.80. The van der Waals surface area contributed by atoms with Gasteiger partial charge in [-0.15, -0.1) is 0 Å². The number of unbranched alkanes of at least 4 members (excludes halogenated alkanes) is 1. The highest BCUT2D eigenvalue weighted by molar-refractivity contribution is 6.04. The predicted molar refractivity (Wildman–Crippen MR) is 92.9 cm³/mol. The number of hydrogen-bond donors (Lipinski definition) is 1. The van der Waals surface area contributed by atoms with Crippen molar-refractivity contribution in [3.05, 3.63) is 24.2 Å². The smallest absolute Gasteiger partial charge is 0.289 e. The molecular formula is C18H27N3O4. The lowest BCUT2D eigenvalue weighted by atomic mass is 9.90. The van der Waals surface area contributed by atoms with Crippen LogP contribution in [0.1, 0.15) is 44.2 Å². The molecule has 0 bridgehead atoms. The van der Waals surface area contributed by atoms with Crippen LogP contribution in [0.2, 0.25) is 0 Å². The summed E-state index contributed by atoms with van der Waals surface area (Å²) in [5.41, 5.74) is -1.11. The van der Waals surface area contributed by atoms with Crippen LogP contribution in [-0.2, 0) is 9.59 Å². The zero-order valence-electron chi connectivity index (χ0n) is 15.2. The van der Waals surface area contributed by atoms with E-state index in [9.17, 15) is 14.4 Å². The second-order valence-corrected chi connectivity index (χ2v) is 6.80. The van der Waals surface area contributed by atoms with Gasteiger partial charge in [0.05, 0.1) is 6.26 Å². The minimum absolute atomic E-state index is 0.173. The standard InChI is InChI=1S/C18H27N3O4/c1-4-5-8-19-16(23)18(2,3)17(24)21-11-9-20(10-12-21)15(22)14-7-6-13-25-14/h6-7,13H,4-5,8-12H2,1-3H3,(H,19,23). The molecule has 0 aliphatic carbocycles. The summed E-state index contributed by atoms with van der Waals surface area (Å²) in [7, 11) is 0. The van der Waals surface area contributed by atoms with E-state index in [-0.39, 0.29) is 17.7 Å². The van der Waals surface area contributed by atoms with Crippen molar-refractivity contribution in [3.63, 3.8) is 0 Å². The Morgan fingerprint density at radius 2 is 1.80 bits per heavy atom. The largest absolute Gasteiger partial charge is 0.459 e. The summed E-state index contributed by atoms with van der Waals surface area (Å²) in [6.45, 7) is 7.61. The van der Waals surface area contributed by atoms with Crippen molar-refractivity contribution in [2.45, 2.75) is 33.6 Å². The first kappa shape index (κ1) is 19.0. The van der Waals surface area contributed by atoms with Crippen molar-refractivity contribution in [3.8, 4) is 0 Å². The molecule has 1 N–H and O–H groups in total. The Morgan fingerprint density at radius 3 is 2.36 bits per heavy atom. The molecule has 25 heavy (non-hydrogen) atoms. The maximum absolute atomic E-state index is 12.7. The van der Waals surface area contributed by atoms with Gasteiger partial charge in [-0.05, 0) is 32.4 Å². The van der Waals surface area contributed by atoms with Crippen molar-refractivity contribution in [1.82, 2.24) is 15.1 Å². The highest BCUT2D eigenvalue weighted by Gasteiger charge is 2.40. The Morgan fingerprint density at radius 1 is 1.16 bits per heavy atom. The monoisotopic (exact) mass is 349 g/mol. The van der Waals surface area contributed by atoms with Crippen LogP contribution in [0.3, 0.4) is 0 Å². The Labute approximate surface area is 148 Å². The normalized spacial score (nSPS) is 15.2. The number of carbonyl (C=O) groups excluding carboxylic acids is 3. The van der Waals surface area contributed by atoms with Gasteiger partial charge in [0.15, 0.2) is 5.76 Å². The highest BCUT2D eigenvalue weighted by atomic mass is 16.3. The van der Waals surface area contributed by atoms with Crippen LogP contribution in [-0.4, -0.2) is 60.2 Å². The van der Waals surface area contributed by atoms with E-state index in [1.807, 2.05) is 6.92 Å². The maximum atomic E-state index is 12.7. The molecular weight excluding hydrogens is 322 g/mol. The number of nitrogens with one attached hydrogen (secondary N) is 1. The zero-order chi connectivity index (χ0) is 18.4. The SMILES string of the molecule is CCCCNC(=O)C(C)(C)C(=O)N1CCN(C(=O)c2ccco2)CC1. The number of hydrogen-bond acceptors (Lipinski definition) is 4. The minimum Gasteiger partial charge on any atom is -0.459 e. The summed E-state index contributed by atoms with van der Waals surface area (Å²) in [5.74, 6) is -0.323. The number of carbonyl (C=O) groups is 3. The summed E-state index contributed by atoms with van der Waals surface area (Å²) in [5, 5.41) is 2.83. The van der Waals surface area contributed by atoms with E-state index in [2.05, 4.69) is 5.32 Å². The Kier molecular flexibility index (Phi) is 6.22. The molecule has 0 aromatic carbocycles. The van der Waals surface area contributed by atoms with Gasteiger partial charge >= 0.3 is 0 Å². The molecule has 1 aromatic heterocycles. The molecule has 1 aromatic rings. The van der Waals surface area contributed by atoms with Crippen molar-refractivity contribution >= 4 is 17.7 Å². The predicted octanol–water partition coefficient (Wildman–Crippen LogP) is 1.51. The van der Waals surface area contributed by atoms with Gasteiger partial charge in [0.1, 0.15) is 5.41 Å². The van der Waals surface area contributed by atoms with Crippen LogP contribution in [0.25, 0.3) is 0 Å². The Bertz CT molecular complexity index is 602. The summed E-state index contributed by atoms with van der Waals surface area (Å²) in [6.07, 6.45) is 3.34. The molecule has 138 valence electrons. The fourth-order valence-electron chi connectivity index (χ4n) is 2.76. The summed E-state index contributed by atoms with van der Waals surface area (Å²) in [4.78, 5) is 40.6. The molecule has 0 radical (unpaired) electrons. The number of rotatable bonds is 6. The Balaban J connectivity index is 1.89. The number of nitrogens with zero attached hydrogens (tertiary/aromatic N) is 2. The van der Waals surface area contributed by atoms with Crippen LogP contribution < -0.4 is 5.32 Å². The first-order valence-electron chi connectivity index (χ1n) is 8.78. The fourth-order valence-corrected chi connectivity index (χ4v) is 2.76. The third-order valence-corrected chi connectivity index (χ3v) is 4.50. The van der Waals surface area contributed by atoms with Gasteiger partial charge in [0, 0.05) is 32.7 Å². The lowest BCUT2D eigenvalue weighted by Crippen LogP contribution is -2.56. The van der Waals surface area contributed by atoms with Crippen molar-refractivity contribution in [1.29, 1.82) is 0 Å². The van der Waals surface area contributed by atoms with Crippen LogP contribution in [0.4, 0.5) is 0 Å². The van der Waals surface area contributed by atoms with E-state index in [0.717, 1.165) is 12.8 Å². The number of furan rings is 1. The molecule has 3 amide bonds. The first-order chi connectivity index (χ1) is 11.9. The van der Waals surface area contributed by atoms with E-state index >= 15 is 0 Å². The van der Waals surface area contributed by atoms with Crippen LogP contribution in [0, 0.1) is 5.41 Å². The number of amides is 3. The maximum Gasteiger partial charge on any atom is 0.289 e. The van der Waals surface area contributed by atoms with Crippen LogP contribution >= 0.6 is 0 Å². The van der Waals surface area contributed by atoms with Crippen molar-refractivity contribution in [2.75, 3.05) is 32.7 Å². The molecule has 1 aliphatic rings. The average Bonchev–Trinajstić information content (AvgIpc) is 3.15. The lowest BCUT2D eigenvalue weighted by molar-refractivity contribution is -0.149. The van der Waals surface area contributed by atoms with Gasteiger partial charge < -0.3 is 19.5 Å². The second kappa shape index (κ2) is 8.18.